The van der Waals surface area contributed by atoms with E-state index in [0.717, 1.165) is 12.4 Å². The first-order valence-corrected chi connectivity index (χ1v) is 3.39. The van der Waals surface area contributed by atoms with Crippen molar-refractivity contribution in [2.24, 2.45) is 5.73 Å². The van der Waals surface area contributed by atoms with Gasteiger partial charge in [0, 0.05) is 6.54 Å². The Morgan fingerprint density at radius 2 is 2.50 bits per heavy atom. The van der Waals surface area contributed by atoms with E-state index in [1.165, 1.54) is 0 Å². The third-order valence-corrected chi connectivity index (χ3v) is 1.39. The molecule has 1 atom stereocenters. The first kappa shape index (κ1) is 7.21. The molecule has 0 spiro atoms. The molecule has 0 bridgehead atoms. The van der Waals surface area contributed by atoms with Crippen LogP contribution in [-0.4, -0.2) is 14.8 Å². The molecule has 1 aromatic heterocycles. The highest BCUT2D eigenvalue weighted by atomic mass is 15.3. The highest BCUT2D eigenvalue weighted by molar-refractivity contribution is 4.90. The van der Waals surface area contributed by atoms with Gasteiger partial charge in [-0.25, -0.2) is 0 Å². The minimum absolute atomic E-state index is 0.0255. The predicted octanol–water partition coefficient (Wildman–Crippen LogP) is 0.318. The zero-order chi connectivity index (χ0) is 7.56. The Balaban J connectivity index is 2.90. The molecule has 0 aliphatic heterocycles. The second kappa shape index (κ2) is 2.79. The first-order valence-electron chi connectivity index (χ1n) is 3.39. The maximum absolute atomic E-state index is 5.61. The second-order valence-corrected chi connectivity index (χ2v) is 2.26. The zero-order valence-corrected chi connectivity index (χ0v) is 6.28. The molecule has 56 valence electrons. The maximum atomic E-state index is 5.61. The first-order chi connectivity index (χ1) is 4.75. The Bertz CT molecular complexity index is 203. The van der Waals surface area contributed by atoms with Crippen molar-refractivity contribution in [2.45, 2.75) is 26.4 Å². The second-order valence-electron chi connectivity index (χ2n) is 2.26. The van der Waals surface area contributed by atoms with Crippen LogP contribution in [0.3, 0.4) is 0 Å². The summed E-state index contributed by atoms with van der Waals surface area (Å²) in [5.74, 6) is 0.850. The van der Waals surface area contributed by atoms with E-state index in [9.17, 15) is 0 Å². The quantitative estimate of drug-likeness (QED) is 0.643. The van der Waals surface area contributed by atoms with Crippen molar-refractivity contribution in [3.05, 3.63) is 12.2 Å². The van der Waals surface area contributed by atoms with Crippen LogP contribution in [0.5, 0.6) is 0 Å². The van der Waals surface area contributed by atoms with Crippen LogP contribution in [-0.2, 0) is 6.54 Å². The zero-order valence-electron chi connectivity index (χ0n) is 6.28. The summed E-state index contributed by atoms with van der Waals surface area (Å²) in [6.45, 7) is 4.81. The summed E-state index contributed by atoms with van der Waals surface area (Å²) in [5, 5.41) is 7.62. The summed E-state index contributed by atoms with van der Waals surface area (Å²) in [7, 11) is 0. The molecule has 4 nitrogen and oxygen atoms in total. The Kier molecular flexibility index (Phi) is 2.01. The summed E-state index contributed by atoms with van der Waals surface area (Å²) in [6.07, 6.45) is 1.69. The van der Waals surface area contributed by atoms with Gasteiger partial charge >= 0.3 is 0 Å². The number of aryl methyl sites for hydroxylation is 1. The lowest BCUT2D eigenvalue weighted by atomic mass is 10.3. The molecule has 1 aromatic rings. The molecule has 1 rings (SSSR count). The molecule has 10 heavy (non-hydrogen) atoms. The molecule has 0 aliphatic carbocycles. The smallest absolute Gasteiger partial charge is 0.149 e. The largest absolute Gasteiger partial charge is 0.322 e. The van der Waals surface area contributed by atoms with E-state index in [4.69, 9.17) is 5.73 Å². The van der Waals surface area contributed by atoms with Crippen LogP contribution in [0.15, 0.2) is 6.33 Å². The summed E-state index contributed by atoms with van der Waals surface area (Å²) in [4.78, 5) is 0. The fourth-order valence-electron chi connectivity index (χ4n) is 0.860. The van der Waals surface area contributed by atoms with Crippen molar-refractivity contribution >= 4 is 0 Å². The molecule has 0 amide bonds. The Morgan fingerprint density at radius 3 is 2.90 bits per heavy atom. The van der Waals surface area contributed by atoms with Crippen LogP contribution in [0.2, 0.25) is 0 Å². The van der Waals surface area contributed by atoms with Gasteiger partial charge < -0.3 is 10.3 Å². The minimum atomic E-state index is -0.0255. The summed E-state index contributed by atoms with van der Waals surface area (Å²) in [5.41, 5.74) is 5.61. The highest BCUT2D eigenvalue weighted by Crippen LogP contribution is 2.03. The van der Waals surface area contributed by atoms with Gasteiger partial charge in [-0.15, -0.1) is 10.2 Å². The van der Waals surface area contributed by atoms with Gasteiger partial charge in [0.05, 0.1) is 6.04 Å². The Labute approximate surface area is 60.1 Å². The van der Waals surface area contributed by atoms with Crippen molar-refractivity contribution < 1.29 is 0 Å². The van der Waals surface area contributed by atoms with Gasteiger partial charge in [0.15, 0.2) is 0 Å². The maximum Gasteiger partial charge on any atom is 0.149 e. The predicted molar refractivity (Wildman–Crippen MR) is 38.3 cm³/mol. The molecule has 0 aromatic carbocycles. The molecule has 0 aliphatic rings. The molecule has 0 saturated carbocycles. The van der Waals surface area contributed by atoms with Gasteiger partial charge in [-0.1, -0.05) is 0 Å². The molecule has 0 unspecified atom stereocenters. The summed E-state index contributed by atoms with van der Waals surface area (Å²) in [6, 6.07) is -0.0255. The van der Waals surface area contributed by atoms with Crippen LogP contribution in [0.1, 0.15) is 25.7 Å². The standard InChI is InChI=1S/C6H12N4/c1-3-10-4-8-9-6(10)5(2)7/h4-5H,3,7H2,1-2H3/t5-/m0/s1. The SMILES string of the molecule is CCn1cnnc1[C@H](C)N. The number of aromatic nitrogens is 3. The lowest BCUT2D eigenvalue weighted by molar-refractivity contribution is 0.636. The number of rotatable bonds is 2. The van der Waals surface area contributed by atoms with E-state index in [1.807, 2.05) is 18.4 Å². The molecule has 0 fully saturated rings. The van der Waals surface area contributed by atoms with Crippen molar-refractivity contribution in [3.8, 4) is 0 Å². The van der Waals surface area contributed by atoms with Gasteiger partial charge in [0.1, 0.15) is 12.2 Å². The van der Waals surface area contributed by atoms with E-state index < -0.39 is 0 Å². The topological polar surface area (TPSA) is 56.7 Å². The van der Waals surface area contributed by atoms with Gasteiger partial charge in [0.2, 0.25) is 0 Å². The van der Waals surface area contributed by atoms with E-state index in [1.54, 1.807) is 6.33 Å². The monoisotopic (exact) mass is 140 g/mol. The van der Waals surface area contributed by atoms with Crippen LogP contribution in [0.25, 0.3) is 0 Å². The Morgan fingerprint density at radius 1 is 1.80 bits per heavy atom. The fourth-order valence-corrected chi connectivity index (χ4v) is 0.860. The van der Waals surface area contributed by atoms with Gasteiger partial charge in [-0.3, -0.25) is 0 Å². The number of hydrogen-bond donors (Lipinski definition) is 1. The highest BCUT2D eigenvalue weighted by Gasteiger charge is 2.05. The van der Waals surface area contributed by atoms with Crippen molar-refractivity contribution in [2.75, 3.05) is 0 Å². The molecule has 4 heteroatoms. The van der Waals surface area contributed by atoms with E-state index in [0.29, 0.717) is 0 Å². The number of hydrogen-bond acceptors (Lipinski definition) is 3. The molecular weight excluding hydrogens is 128 g/mol. The van der Waals surface area contributed by atoms with Crippen molar-refractivity contribution in [3.63, 3.8) is 0 Å². The van der Waals surface area contributed by atoms with E-state index >= 15 is 0 Å². The van der Waals surface area contributed by atoms with Crippen LogP contribution in [0.4, 0.5) is 0 Å². The lowest BCUT2D eigenvalue weighted by Gasteiger charge is -2.04. The van der Waals surface area contributed by atoms with Crippen LogP contribution >= 0.6 is 0 Å². The van der Waals surface area contributed by atoms with Crippen molar-refractivity contribution in [1.82, 2.24) is 14.8 Å². The molecule has 1 heterocycles. The normalized spacial score (nSPS) is 13.5. The number of nitrogens with two attached hydrogens (primary N) is 1. The van der Waals surface area contributed by atoms with Crippen molar-refractivity contribution in [1.29, 1.82) is 0 Å². The molecule has 0 saturated heterocycles. The average molecular weight is 140 g/mol. The summed E-state index contributed by atoms with van der Waals surface area (Å²) >= 11 is 0. The van der Waals surface area contributed by atoms with E-state index in [-0.39, 0.29) is 6.04 Å². The van der Waals surface area contributed by atoms with Gasteiger partial charge in [-0.05, 0) is 13.8 Å². The number of nitrogens with zero attached hydrogens (tertiary/aromatic N) is 3. The molecule has 2 N–H and O–H groups in total. The van der Waals surface area contributed by atoms with Gasteiger partial charge in [0.25, 0.3) is 0 Å². The third-order valence-electron chi connectivity index (χ3n) is 1.39. The van der Waals surface area contributed by atoms with Crippen LogP contribution in [0, 0.1) is 0 Å². The fraction of sp³-hybridized carbons (Fsp3) is 0.667. The van der Waals surface area contributed by atoms with Gasteiger partial charge in [-0.2, -0.15) is 0 Å². The van der Waals surface area contributed by atoms with Crippen LogP contribution < -0.4 is 5.73 Å². The summed E-state index contributed by atoms with van der Waals surface area (Å²) < 4.78 is 1.94. The molecular formula is C6H12N4. The average Bonchev–Trinajstić information content (AvgIpc) is 2.33. The van der Waals surface area contributed by atoms with E-state index in [2.05, 4.69) is 10.2 Å². The minimum Gasteiger partial charge on any atom is -0.322 e. The molecule has 0 radical (unpaired) electrons. The Hall–Kier alpha value is -0.900. The third kappa shape index (κ3) is 1.16. The lowest BCUT2D eigenvalue weighted by Crippen LogP contribution is -2.12.